The fourth-order valence-corrected chi connectivity index (χ4v) is 3.10. The van der Waals surface area contributed by atoms with Crippen molar-refractivity contribution in [1.29, 1.82) is 0 Å². The molecule has 148 valence electrons. The van der Waals surface area contributed by atoms with E-state index in [1.54, 1.807) is 12.1 Å². The van der Waals surface area contributed by atoms with Gasteiger partial charge in [0, 0.05) is 13.1 Å². The molecule has 0 atom stereocenters. The van der Waals surface area contributed by atoms with Gasteiger partial charge < -0.3 is 10.6 Å². The van der Waals surface area contributed by atoms with E-state index in [2.05, 4.69) is 22.5 Å². The molecule has 0 aromatic heterocycles. The minimum atomic E-state index is -3.65. The number of nitrogens with zero attached hydrogens (tertiary/aromatic N) is 1. The summed E-state index contributed by atoms with van der Waals surface area (Å²) in [6.07, 6.45) is 8.98. The maximum absolute atomic E-state index is 11.3. The Morgan fingerprint density at radius 1 is 0.962 bits per heavy atom. The van der Waals surface area contributed by atoms with E-state index in [0.29, 0.717) is 6.54 Å². The van der Waals surface area contributed by atoms with Crippen molar-refractivity contribution in [2.24, 2.45) is 10.1 Å². The molecule has 0 saturated heterocycles. The normalized spacial score (nSPS) is 12.2. The maximum atomic E-state index is 11.3. The first-order valence-corrected chi connectivity index (χ1v) is 11.2. The van der Waals surface area contributed by atoms with E-state index in [-0.39, 0.29) is 4.90 Å². The summed E-state index contributed by atoms with van der Waals surface area (Å²) in [6.45, 7) is 6.46. The number of hydrogen-bond donors (Lipinski definition) is 3. The van der Waals surface area contributed by atoms with Crippen LogP contribution in [0.3, 0.4) is 0 Å². The minimum Gasteiger partial charge on any atom is -0.357 e. The number of aliphatic imine (C=N–C) groups is 1. The molecule has 0 amide bonds. The zero-order valence-corrected chi connectivity index (χ0v) is 16.9. The van der Waals surface area contributed by atoms with Crippen LogP contribution >= 0.6 is 0 Å². The van der Waals surface area contributed by atoms with E-state index >= 15 is 0 Å². The van der Waals surface area contributed by atoms with Gasteiger partial charge in [0.2, 0.25) is 10.0 Å². The molecule has 4 N–H and O–H groups in total. The molecule has 0 spiro atoms. The lowest BCUT2D eigenvalue weighted by atomic mass is 10.1. The van der Waals surface area contributed by atoms with Gasteiger partial charge >= 0.3 is 0 Å². The van der Waals surface area contributed by atoms with Crippen LogP contribution in [0.5, 0.6) is 0 Å². The van der Waals surface area contributed by atoms with E-state index in [1.165, 1.54) is 50.7 Å². The highest BCUT2D eigenvalue weighted by Crippen LogP contribution is 2.09. The molecule has 6 nitrogen and oxygen atoms in total. The standard InChI is InChI=1S/C19H34N4O2S/c1-3-5-6-7-8-9-10-15-22-19(21-4-2)23-16-17-11-13-18(14-12-17)26(20,24)25/h11-14H,3-10,15-16H2,1-2H3,(H2,20,24,25)(H2,21,22,23). The van der Waals surface area contributed by atoms with Gasteiger partial charge in [0.15, 0.2) is 5.96 Å². The van der Waals surface area contributed by atoms with Crippen LogP contribution in [0.4, 0.5) is 0 Å². The smallest absolute Gasteiger partial charge is 0.238 e. The highest BCUT2D eigenvalue weighted by Gasteiger charge is 2.06. The van der Waals surface area contributed by atoms with Crippen molar-refractivity contribution in [3.8, 4) is 0 Å². The minimum absolute atomic E-state index is 0.120. The van der Waals surface area contributed by atoms with Gasteiger partial charge in [-0.2, -0.15) is 0 Å². The fraction of sp³-hybridized carbons (Fsp3) is 0.632. The third kappa shape index (κ3) is 9.77. The number of hydrogen-bond acceptors (Lipinski definition) is 3. The number of unbranched alkanes of at least 4 members (excludes halogenated alkanes) is 6. The molecule has 0 heterocycles. The first kappa shape index (κ1) is 22.4. The van der Waals surface area contributed by atoms with Crippen molar-refractivity contribution in [3.05, 3.63) is 29.8 Å². The fourth-order valence-electron chi connectivity index (χ4n) is 2.59. The van der Waals surface area contributed by atoms with Gasteiger partial charge in [0.05, 0.1) is 11.4 Å². The van der Waals surface area contributed by atoms with Crippen LogP contribution in [0.2, 0.25) is 0 Å². The summed E-state index contributed by atoms with van der Waals surface area (Å²) in [7, 11) is -3.65. The zero-order valence-electron chi connectivity index (χ0n) is 16.1. The zero-order chi connectivity index (χ0) is 19.3. The van der Waals surface area contributed by atoms with Gasteiger partial charge in [-0.15, -0.1) is 0 Å². The lowest BCUT2D eigenvalue weighted by Crippen LogP contribution is -2.37. The molecule has 0 aliphatic carbocycles. The second-order valence-electron chi connectivity index (χ2n) is 6.43. The second-order valence-corrected chi connectivity index (χ2v) is 7.99. The number of sulfonamides is 1. The second kappa shape index (κ2) is 12.7. The molecule has 1 aromatic carbocycles. The van der Waals surface area contributed by atoms with Crippen LogP contribution in [-0.4, -0.2) is 27.5 Å². The van der Waals surface area contributed by atoms with Crippen LogP contribution in [0.1, 0.15) is 64.4 Å². The molecule has 1 aromatic rings. The number of nitrogens with one attached hydrogen (secondary N) is 2. The number of guanidine groups is 1. The van der Waals surface area contributed by atoms with Crippen molar-refractivity contribution in [3.63, 3.8) is 0 Å². The van der Waals surface area contributed by atoms with Crippen LogP contribution in [0.25, 0.3) is 0 Å². The predicted molar refractivity (Wildman–Crippen MR) is 109 cm³/mol. The third-order valence-corrected chi connectivity index (χ3v) is 5.02. The molecule has 0 aliphatic heterocycles. The first-order valence-electron chi connectivity index (χ1n) is 9.61. The summed E-state index contributed by atoms with van der Waals surface area (Å²) < 4.78 is 22.5. The Labute approximate surface area is 158 Å². The molecular formula is C19H34N4O2S. The predicted octanol–water partition coefficient (Wildman–Crippen LogP) is 3.14. The maximum Gasteiger partial charge on any atom is 0.238 e. The summed E-state index contributed by atoms with van der Waals surface area (Å²) in [6, 6.07) is 6.50. The summed E-state index contributed by atoms with van der Waals surface area (Å²) in [5.74, 6) is 0.786. The topological polar surface area (TPSA) is 96.6 Å². The molecule has 0 bridgehead atoms. The summed E-state index contributed by atoms with van der Waals surface area (Å²) in [4.78, 5) is 4.67. The van der Waals surface area contributed by atoms with E-state index in [0.717, 1.165) is 31.0 Å². The van der Waals surface area contributed by atoms with E-state index in [9.17, 15) is 8.42 Å². The Kier molecular flexibility index (Phi) is 11.0. The van der Waals surface area contributed by atoms with Crippen molar-refractivity contribution in [2.75, 3.05) is 13.1 Å². The number of rotatable bonds is 12. The molecule has 0 radical (unpaired) electrons. The monoisotopic (exact) mass is 382 g/mol. The van der Waals surface area contributed by atoms with E-state index < -0.39 is 10.0 Å². The quantitative estimate of drug-likeness (QED) is 0.294. The van der Waals surface area contributed by atoms with Gasteiger partial charge in [-0.25, -0.2) is 18.5 Å². The Morgan fingerprint density at radius 3 is 2.15 bits per heavy atom. The lowest BCUT2D eigenvalue weighted by Gasteiger charge is -2.11. The van der Waals surface area contributed by atoms with Crippen LogP contribution in [-0.2, 0) is 16.6 Å². The molecule has 7 heteroatoms. The summed E-state index contributed by atoms with van der Waals surface area (Å²) in [5.41, 5.74) is 0.936. The van der Waals surface area contributed by atoms with E-state index in [1.807, 2.05) is 6.92 Å². The number of nitrogens with two attached hydrogens (primary N) is 1. The van der Waals surface area contributed by atoms with E-state index in [4.69, 9.17) is 5.14 Å². The number of primary sulfonamides is 1. The molecule has 26 heavy (non-hydrogen) atoms. The lowest BCUT2D eigenvalue weighted by molar-refractivity contribution is 0.584. The van der Waals surface area contributed by atoms with Crippen molar-refractivity contribution >= 4 is 16.0 Å². The molecule has 1 rings (SSSR count). The molecule has 0 unspecified atom stereocenters. The molecule has 0 saturated carbocycles. The van der Waals surface area contributed by atoms with Gasteiger partial charge in [-0.3, -0.25) is 0 Å². The Morgan fingerprint density at radius 2 is 1.58 bits per heavy atom. The highest BCUT2D eigenvalue weighted by molar-refractivity contribution is 7.89. The van der Waals surface area contributed by atoms with Crippen molar-refractivity contribution in [1.82, 2.24) is 10.6 Å². The van der Waals surface area contributed by atoms with Gasteiger partial charge in [-0.1, -0.05) is 57.6 Å². The van der Waals surface area contributed by atoms with Crippen molar-refractivity contribution < 1.29 is 8.42 Å². The van der Waals surface area contributed by atoms with Crippen LogP contribution < -0.4 is 15.8 Å². The van der Waals surface area contributed by atoms with Crippen molar-refractivity contribution in [2.45, 2.75) is 70.2 Å². The summed E-state index contributed by atoms with van der Waals surface area (Å²) in [5, 5.41) is 11.7. The number of benzene rings is 1. The van der Waals surface area contributed by atoms with Crippen LogP contribution in [0, 0.1) is 0 Å². The van der Waals surface area contributed by atoms with Gasteiger partial charge in [0.25, 0.3) is 0 Å². The van der Waals surface area contributed by atoms with Gasteiger partial charge in [0.1, 0.15) is 0 Å². The molecular weight excluding hydrogens is 348 g/mol. The van der Waals surface area contributed by atoms with Gasteiger partial charge in [-0.05, 0) is 31.0 Å². The Bertz CT molecular complexity index is 627. The first-order chi connectivity index (χ1) is 12.5. The Balaban J connectivity index is 2.38. The average molecular weight is 383 g/mol. The SMILES string of the molecule is CCCCCCCCCNC(=NCc1ccc(S(N)(=O)=O)cc1)NCC. The largest absolute Gasteiger partial charge is 0.357 e. The summed E-state index contributed by atoms with van der Waals surface area (Å²) >= 11 is 0. The third-order valence-electron chi connectivity index (χ3n) is 4.09. The average Bonchev–Trinajstić information content (AvgIpc) is 2.61. The molecule has 0 aliphatic rings. The van der Waals surface area contributed by atoms with Crippen LogP contribution in [0.15, 0.2) is 34.2 Å². The molecule has 0 fully saturated rings. The Hall–Kier alpha value is -1.60. The highest BCUT2D eigenvalue weighted by atomic mass is 32.2.